The monoisotopic (exact) mass is 518 g/mol. The van der Waals surface area contributed by atoms with Gasteiger partial charge in [0.15, 0.2) is 0 Å². The van der Waals surface area contributed by atoms with Crippen molar-refractivity contribution < 1.29 is 29.7 Å². The van der Waals surface area contributed by atoms with Gasteiger partial charge in [-0.3, -0.25) is 14.4 Å². The Hall–Kier alpha value is -1.59. The standard InChI is InChI=1S/3C8H16O2.C6H14/c3*1-3-5-6-7(4-2)8(9)10;1-5-6(2,3)4/h3*7H,3-6H2,1-2H3,(H,9,10);5H2,1-4H3. The number of carbonyl (C=O) groups is 3. The Labute approximate surface area is 223 Å². The maximum absolute atomic E-state index is 10.4. The molecule has 0 aliphatic heterocycles. The number of unbranched alkanes of at least 4 members (excludes halogenated alkanes) is 3. The minimum absolute atomic E-state index is 0.111. The second-order valence-corrected chi connectivity index (χ2v) is 10.7. The summed E-state index contributed by atoms with van der Waals surface area (Å²) in [6.45, 7) is 20.9. The van der Waals surface area contributed by atoms with Crippen LogP contribution in [0.15, 0.2) is 0 Å². The topological polar surface area (TPSA) is 112 Å². The number of rotatable bonds is 15. The van der Waals surface area contributed by atoms with Crippen LogP contribution >= 0.6 is 0 Å². The second kappa shape index (κ2) is 28.0. The minimum atomic E-state index is -0.643. The zero-order valence-corrected chi connectivity index (χ0v) is 25.5. The van der Waals surface area contributed by atoms with E-state index in [0.717, 1.165) is 77.0 Å². The van der Waals surface area contributed by atoms with Gasteiger partial charge >= 0.3 is 17.9 Å². The van der Waals surface area contributed by atoms with Crippen LogP contribution in [0.1, 0.15) is 153 Å². The Morgan fingerprint density at radius 2 is 0.722 bits per heavy atom. The lowest BCUT2D eigenvalue weighted by atomic mass is 9.94. The molecule has 0 spiro atoms. The molecule has 0 aromatic rings. The minimum Gasteiger partial charge on any atom is -0.481 e. The van der Waals surface area contributed by atoms with Gasteiger partial charge in [0.05, 0.1) is 17.8 Å². The SMILES string of the molecule is CCC(C)(C)C.CCCCC(CC)C(=O)O.CCCCC(CC)C(=O)O.CCCCC(CC)C(=O)O. The average molecular weight is 519 g/mol. The molecule has 3 N–H and O–H groups in total. The largest absolute Gasteiger partial charge is 0.481 e. The van der Waals surface area contributed by atoms with Crippen molar-refractivity contribution in [2.45, 2.75) is 153 Å². The normalized spacial score (nSPS) is 12.8. The van der Waals surface area contributed by atoms with E-state index < -0.39 is 17.9 Å². The van der Waals surface area contributed by atoms with Gasteiger partial charge in [-0.1, -0.05) is 114 Å². The molecule has 218 valence electrons. The van der Waals surface area contributed by atoms with E-state index in [2.05, 4.69) is 48.5 Å². The van der Waals surface area contributed by atoms with Gasteiger partial charge in [-0.05, 0) is 43.9 Å². The lowest BCUT2D eigenvalue weighted by Crippen LogP contribution is -2.11. The molecule has 0 fully saturated rings. The highest BCUT2D eigenvalue weighted by molar-refractivity contribution is 5.70. The molecule has 36 heavy (non-hydrogen) atoms. The second-order valence-electron chi connectivity index (χ2n) is 10.7. The highest BCUT2D eigenvalue weighted by Crippen LogP contribution is 2.16. The molecule has 0 heterocycles. The Bertz CT molecular complexity index is 448. The molecule has 0 bridgehead atoms. The summed E-state index contributed by atoms with van der Waals surface area (Å²) in [5.41, 5.74) is 0.542. The van der Waals surface area contributed by atoms with Gasteiger partial charge in [0.1, 0.15) is 0 Å². The Balaban J connectivity index is -0.000000193. The van der Waals surface area contributed by atoms with Crippen molar-refractivity contribution in [2.24, 2.45) is 23.2 Å². The van der Waals surface area contributed by atoms with E-state index in [1.54, 1.807) is 0 Å². The van der Waals surface area contributed by atoms with Crippen LogP contribution in [0.4, 0.5) is 0 Å². The molecule has 6 heteroatoms. The zero-order valence-electron chi connectivity index (χ0n) is 25.5. The van der Waals surface area contributed by atoms with Crippen LogP contribution in [-0.4, -0.2) is 33.2 Å². The summed E-state index contributed by atoms with van der Waals surface area (Å²) >= 11 is 0. The molecule has 6 nitrogen and oxygen atoms in total. The number of carboxylic acids is 3. The van der Waals surface area contributed by atoms with Crippen molar-refractivity contribution in [1.29, 1.82) is 0 Å². The molecular formula is C30H62O6. The first-order chi connectivity index (χ1) is 16.7. The third-order valence-corrected chi connectivity index (χ3v) is 6.31. The first-order valence-electron chi connectivity index (χ1n) is 14.4. The first-order valence-corrected chi connectivity index (χ1v) is 14.4. The lowest BCUT2D eigenvalue weighted by molar-refractivity contribution is -0.143. The molecule has 3 atom stereocenters. The molecule has 0 aliphatic carbocycles. The smallest absolute Gasteiger partial charge is 0.306 e. The van der Waals surface area contributed by atoms with E-state index in [4.69, 9.17) is 15.3 Å². The Morgan fingerprint density at radius 3 is 0.806 bits per heavy atom. The predicted octanol–water partition coefficient (Wildman–Crippen LogP) is 9.30. The average Bonchev–Trinajstić information content (AvgIpc) is 2.81. The van der Waals surface area contributed by atoms with Crippen molar-refractivity contribution in [2.75, 3.05) is 0 Å². The van der Waals surface area contributed by atoms with Crippen LogP contribution in [0.2, 0.25) is 0 Å². The molecule has 0 aromatic heterocycles. The molecule has 3 unspecified atom stereocenters. The van der Waals surface area contributed by atoms with E-state index in [-0.39, 0.29) is 17.8 Å². The van der Waals surface area contributed by atoms with Crippen LogP contribution in [-0.2, 0) is 14.4 Å². The maximum atomic E-state index is 10.4. The van der Waals surface area contributed by atoms with Gasteiger partial charge in [-0.2, -0.15) is 0 Å². The summed E-state index contributed by atoms with van der Waals surface area (Å²) in [4.78, 5) is 31.3. The van der Waals surface area contributed by atoms with Gasteiger partial charge < -0.3 is 15.3 Å². The molecule has 0 aromatic carbocycles. The summed E-state index contributed by atoms with van der Waals surface area (Å²) < 4.78 is 0. The summed E-state index contributed by atoms with van der Waals surface area (Å²) in [7, 11) is 0. The molecule has 0 aliphatic rings. The summed E-state index contributed by atoms with van der Waals surface area (Å²) in [5.74, 6) is -2.26. The van der Waals surface area contributed by atoms with Crippen molar-refractivity contribution in [3.8, 4) is 0 Å². The van der Waals surface area contributed by atoms with Crippen LogP contribution in [0.3, 0.4) is 0 Å². The van der Waals surface area contributed by atoms with E-state index in [1.165, 1.54) is 6.42 Å². The fraction of sp³-hybridized carbons (Fsp3) is 0.900. The van der Waals surface area contributed by atoms with Crippen molar-refractivity contribution in [3.63, 3.8) is 0 Å². The van der Waals surface area contributed by atoms with E-state index >= 15 is 0 Å². The first kappa shape index (κ1) is 41.5. The number of hydrogen-bond donors (Lipinski definition) is 3. The maximum Gasteiger partial charge on any atom is 0.306 e. The fourth-order valence-electron chi connectivity index (χ4n) is 2.86. The highest BCUT2D eigenvalue weighted by Gasteiger charge is 2.14. The molecule has 0 amide bonds. The van der Waals surface area contributed by atoms with Crippen LogP contribution < -0.4 is 0 Å². The summed E-state index contributed by atoms with van der Waals surface area (Å²) in [6.07, 6.45) is 12.4. The zero-order chi connectivity index (χ0) is 29.2. The van der Waals surface area contributed by atoms with Gasteiger partial charge in [0, 0.05) is 0 Å². The van der Waals surface area contributed by atoms with Gasteiger partial charge in [0.25, 0.3) is 0 Å². The molecule has 0 saturated carbocycles. The van der Waals surface area contributed by atoms with Crippen molar-refractivity contribution in [1.82, 2.24) is 0 Å². The van der Waals surface area contributed by atoms with Gasteiger partial charge in [-0.25, -0.2) is 0 Å². The van der Waals surface area contributed by atoms with E-state index in [9.17, 15) is 14.4 Å². The quantitative estimate of drug-likeness (QED) is 0.199. The van der Waals surface area contributed by atoms with Gasteiger partial charge in [0.2, 0.25) is 0 Å². The fourth-order valence-corrected chi connectivity index (χ4v) is 2.86. The van der Waals surface area contributed by atoms with E-state index in [0.29, 0.717) is 5.41 Å². The Morgan fingerprint density at radius 1 is 0.528 bits per heavy atom. The lowest BCUT2D eigenvalue weighted by Gasteiger charge is -2.12. The summed E-state index contributed by atoms with van der Waals surface area (Å²) in [5, 5.41) is 25.8. The molecule has 0 rings (SSSR count). The number of aliphatic carboxylic acids is 3. The highest BCUT2D eigenvalue weighted by atomic mass is 16.4. The van der Waals surface area contributed by atoms with Crippen molar-refractivity contribution >= 4 is 17.9 Å². The van der Waals surface area contributed by atoms with Gasteiger partial charge in [-0.15, -0.1) is 0 Å². The number of hydrogen-bond acceptors (Lipinski definition) is 3. The van der Waals surface area contributed by atoms with Crippen LogP contribution in [0, 0.1) is 23.2 Å². The third kappa shape index (κ3) is 32.4. The molecule has 0 saturated heterocycles. The van der Waals surface area contributed by atoms with Crippen LogP contribution in [0.5, 0.6) is 0 Å². The number of carboxylic acid groups (broad SMARTS) is 3. The predicted molar refractivity (Wildman–Crippen MR) is 153 cm³/mol. The molecule has 0 radical (unpaired) electrons. The van der Waals surface area contributed by atoms with E-state index in [1.807, 2.05) is 20.8 Å². The van der Waals surface area contributed by atoms with Crippen LogP contribution in [0.25, 0.3) is 0 Å². The van der Waals surface area contributed by atoms with Crippen molar-refractivity contribution in [3.05, 3.63) is 0 Å². The third-order valence-electron chi connectivity index (χ3n) is 6.31. The molecular weight excluding hydrogens is 456 g/mol. The summed E-state index contributed by atoms with van der Waals surface area (Å²) in [6, 6.07) is 0. The Kier molecular flexibility index (Phi) is 32.3.